The molecule has 0 fully saturated rings. The number of aryl methyl sites for hydroxylation is 3. The van der Waals surface area contributed by atoms with Crippen molar-refractivity contribution >= 4 is 66.7 Å². The third-order valence-electron chi connectivity index (χ3n) is 10.9. The topological polar surface area (TPSA) is 66.2 Å². The molecule has 0 saturated heterocycles. The quantitative estimate of drug-likeness (QED) is 0.136. The standard InChI is InChI=1S/C45H37N9/c1-27-12-9-18-34-41(27)47-43-51(31-15-11-14-30(23-31)50-26-49(6)32-16-7-8-17-33(32)50)36-24-39-38(25-37(36)52(34)43)53-35-19-10-13-28(2)42(35)48-44(53)54(39)40-22-29(20-21-46-40)45(3,4)5/h7-25H,1-6H3/i6D3. The summed E-state index contributed by atoms with van der Waals surface area (Å²) in [6, 6.07) is 37.0. The summed E-state index contributed by atoms with van der Waals surface area (Å²) in [4.78, 5) is 15.6. The van der Waals surface area contributed by atoms with Gasteiger partial charge in [0.25, 0.3) is 0 Å². The predicted octanol–water partition coefficient (Wildman–Crippen LogP) is 9.05. The fraction of sp³-hybridized carbons (Fsp3) is 0.156. The van der Waals surface area contributed by atoms with Crippen molar-refractivity contribution in [2.75, 3.05) is 0 Å². The van der Waals surface area contributed by atoms with E-state index in [0.29, 0.717) is 5.52 Å². The lowest BCUT2D eigenvalue weighted by molar-refractivity contribution is -0.649. The number of nitrogens with zero attached hydrogens (tertiary/aromatic N) is 9. The molecule has 11 rings (SSSR count). The van der Waals surface area contributed by atoms with Crippen molar-refractivity contribution in [1.29, 1.82) is 0 Å². The van der Waals surface area contributed by atoms with E-state index in [2.05, 4.69) is 132 Å². The molecule has 6 aromatic heterocycles. The molecule has 0 amide bonds. The van der Waals surface area contributed by atoms with Crippen LogP contribution in [0, 0.1) is 20.2 Å². The van der Waals surface area contributed by atoms with Gasteiger partial charge in [0.05, 0.1) is 71.9 Å². The van der Waals surface area contributed by atoms with Crippen LogP contribution in [0.1, 0.15) is 41.6 Å². The van der Waals surface area contributed by atoms with E-state index in [1.54, 1.807) is 0 Å². The zero-order valence-corrected chi connectivity index (χ0v) is 30.5. The first-order valence-electron chi connectivity index (χ1n) is 19.6. The number of fused-ring (bicyclic) bond motifs is 11. The van der Waals surface area contributed by atoms with E-state index in [-0.39, 0.29) is 5.41 Å². The normalized spacial score (nSPS) is 13.7. The van der Waals surface area contributed by atoms with E-state index in [1.807, 2.05) is 47.2 Å². The summed E-state index contributed by atoms with van der Waals surface area (Å²) in [7, 11) is 0. The Morgan fingerprint density at radius 3 is 1.93 bits per heavy atom. The molecular formula is C45H37N9. The molecule has 0 bridgehead atoms. The monoisotopic (exact) mass is 706 g/mol. The van der Waals surface area contributed by atoms with Gasteiger partial charge in [-0.15, -0.1) is 0 Å². The van der Waals surface area contributed by atoms with Gasteiger partial charge in [0.1, 0.15) is 5.82 Å². The average Bonchev–Trinajstić information content (AvgIpc) is 3.98. The largest absolute Gasteiger partial charge is 0.319 e. The van der Waals surface area contributed by atoms with E-state index < -0.39 is 6.98 Å². The van der Waals surface area contributed by atoms with Crippen LogP contribution < -0.4 is 4.57 Å². The van der Waals surface area contributed by atoms with Gasteiger partial charge in [-0.2, -0.15) is 0 Å². The van der Waals surface area contributed by atoms with E-state index in [9.17, 15) is 0 Å². The minimum Gasteiger partial charge on any atom is -0.319 e. The van der Waals surface area contributed by atoms with Crippen LogP contribution in [-0.2, 0) is 12.4 Å². The first-order valence-corrected chi connectivity index (χ1v) is 18.1. The van der Waals surface area contributed by atoms with E-state index >= 15 is 0 Å². The molecule has 0 unspecified atom stereocenters. The highest BCUT2D eigenvalue weighted by atomic mass is 15.3. The number of para-hydroxylation sites is 4. The highest BCUT2D eigenvalue weighted by Crippen LogP contribution is 2.37. The van der Waals surface area contributed by atoms with Gasteiger partial charge < -0.3 is 9.13 Å². The van der Waals surface area contributed by atoms with E-state index in [0.717, 1.165) is 89.5 Å². The van der Waals surface area contributed by atoms with Crippen LogP contribution >= 0.6 is 0 Å². The molecule has 54 heavy (non-hydrogen) atoms. The van der Waals surface area contributed by atoms with E-state index in [4.69, 9.17) is 19.1 Å². The second-order valence-corrected chi connectivity index (χ2v) is 15.3. The third kappa shape index (κ3) is 4.14. The Hall–Kier alpha value is -6.74. The molecule has 11 aromatic rings. The molecule has 0 aliphatic heterocycles. The van der Waals surface area contributed by atoms with Gasteiger partial charge in [0, 0.05) is 11.9 Å². The molecule has 9 nitrogen and oxygen atoms in total. The van der Waals surface area contributed by atoms with Gasteiger partial charge in [-0.05, 0) is 84.5 Å². The van der Waals surface area contributed by atoms with Crippen LogP contribution in [0.4, 0.5) is 0 Å². The highest BCUT2D eigenvalue weighted by Gasteiger charge is 2.25. The van der Waals surface area contributed by atoms with Crippen molar-refractivity contribution in [3.8, 4) is 17.2 Å². The van der Waals surface area contributed by atoms with Gasteiger partial charge >= 0.3 is 0 Å². The molecule has 9 heteroatoms. The molecule has 0 aliphatic carbocycles. The molecule has 0 aliphatic rings. The smallest absolute Gasteiger partial charge is 0.244 e. The Bertz CT molecular complexity index is 3470. The maximum atomic E-state index is 8.23. The minimum absolute atomic E-state index is 0.0870. The molecule has 0 radical (unpaired) electrons. The van der Waals surface area contributed by atoms with Crippen LogP contribution in [0.15, 0.2) is 115 Å². The number of benzene rings is 5. The highest BCUT2D eigenvalue weighted by molar-refractivity contribution is 6.03. The molecular weight excluding hydrogens is 667 g/mol. The molecule has 262 valence electrons. The first-order chi connectivity index (χ1) is 27.4. The molecule has 5 aromatic carbocycles. The van der Waals surface area contributed by atoms with Crippen molar-refractivity contribution in [1.82, 2.24) is 37.5 Å². The second-order valence-electron chi connectivity index (χ2n) is 15.3. The van der Waals surface area contributed by atoms with Crippen LogP contribution in [-0.4, -0.2) is 37.5 Å². The Kier molecular flexibility index (Phi) is 5.50. The van der Waals surface area contributed by atoms with Crippen molar-refractivity contribution < 1.29 is 8.68 Å². The maximum Gasteiger partial charge on any atom is 0.244 e. The lowest BCUT2D eigenvalue weighted by atomic mass is 9.88. The van der Waals surface area contributed by atoms with Crippen molar-refractivity contribution in [2.45, 2.75) is 40.0 Å². The Morgan fingerprint density at radius 1 is 0.611 bits per heavy atom. The Morgan fingerprint density at radius 2 is 1.22 bits per heavy atom. The number of imidazole rings is 5. The zero-order valence-electron chi connectivity index (χ0n) is 33.5. The lowest BCUT2D eigenvalue weighted by Crippen LogP contribution is -2.26. The van der Waals surface area contributed by atoms with Crippen LogP contribution in [0.25, 0.3) is 83.9 Å². The van der Waals surface area contributed by atoms with Crippen LogP contribution in [0.3, 0.4) is 0 Å². The van der Waals surface area contributed by atoms with E-state index in [1.165, 1.54) is 10.1 Å². The average molecular weight is 707 g/mol. The zero-order chi connectivity index (χ0) is 39.1. The second kappa shape index (κ2) is 10.7. The summed E-state index contributed by atoms with van der Waals surface area (Å²) in [5, 5.41) is 0. The van der Waals surface area contributed by atoms with Crippen LogP contribution in [0.5, 0.6) is 0 Å². The number of hydrogen-bond acceptors (Lipinski definition) is 3. The summed E-state index contributed by atoms with van der Waals surface area (Å²) >= 11 is 0. The molecule has 0 spiro atoms. The molecule has 0 atom stereocenters. The van der Waals surface area contributed by atoms with Crippen molar-refractivity contribution in [3.63, 3.8) is 0 Å². The summed E-state index contributed by atoms with van der Waals surface area (Å²) in [6.07, 6.45) is 5.03. The third-order valence-corrected chi connectivity index (χ3v) is 10.9. The summed E-state index contributed by atoms with van der Waals surface area (Å²) in [6.45, 7) is 8.44. The maximum absolute atomic E-state index is 8.23. The summed E-state index contributed by atoms with van der Waals surface area (Å²) in [5.41, 5.74) is 14.0. The van der Waals surface area contributed by atoms with Crippen molar-refractivity contribution in [3.05, 3.63) is 138 Å². The van der Waals surface area contributed by atoms with Gasteiger partial charge in [-0.3, -0.25) is 17.9 Å². The minimum atomic E-state index is -2.40. The predicted molar refractivity (Wildman–Crippen MR) is 215 cm³/mol. The van der Waals surface area contributed by atoms with Crippen molar-refractivity contribution in [2.24, 2.45) is 6.98 Å². The number of pyridine rings is 1. The number of rotatable bonds is 3. The number of aromatic nitrogens is 9. The molecule has 0 saturated carbocycles. The first kappa shape index (κ1) is 27.9. The van der Waals surface area contributed by atoms with Gasteiger partial charge in [0.15, 0.2) is 0 Å². The Balaban J connectivity index is 1.27. The van der Waals surface area contributed by atoms with Gasteiger partial charge in [-0.1, -0.05) is 81.4 Å². The van der Waals surface area contributed by atoms with Gasteiger partial charge in [-0.25, -0.2) is 15.0 Å². The lowest BCUT2D eigenvalue weighted by Gasteiger charge is -2.19. The Labute approximate surface area is 314 Å². The fourth-order valence-corrected chi connectivity index (χ4v) is 8.22. The fourth-order valence-electron chi connectivity index (χ4n) is 8.22. The summed E-state index contributed by atoms with van der Waals surface area (Å²) in [5.74, 6) is 2.34. The molecule has 0 N–H and O–H groups in total. The SMILES string of the molecule is [2H]C([2H])([2H])[n+]1[c-]n(-c2cccc(-n3c4cc5c(cc4n4c6cccc(C)c6nc34)n3c4cccc(C)c4nc3n5-c3cc(C(C)(C)C)ccn3)c2)c2ccccc21. The molecule has 6 heterocycles. The van der Waals surface area contributed by atoms with Crippen LogP contribution in [0.2, 0.25) is 0 Å². The summed E-state index contributed by atoms with van der Waals surface area (Å²) < 4.78 is 36.6. The number of hydrogen-bond donors (Lipinski definition) is 0. The van der Waals surface area contributed by atoms with Gasteiger partial charge in [0.2, 0.25) is 17.9 Å².